The Balaban J connectivity index is 1.51. The molecule has 0 saturated carbocycles. The number of primary amides is 1. The summed E-state index contributed by atoms with van der Waals surface area (Å²) in [6.45, 7) is 1.55. The molecular formula is C19H17N3O4S2. The van der Waals surface area contributed by atoms with Crippen LogP contribution in [0.1, 0.15) is 21.6 Å². The highest BCUT2D eigenvalue weighted by atomic mass is 32.1. The first-order valence-corrected chi connectivity index (χ1v) is 10.0. The number of aromatic nitrogens is 1. The number of esters is 1. The Labute approximate surface area is 169 Å². The molecule has 3 N–H and O–H groups in total. The summed E-state index contributed by atoms with van der Waals surface area (Å²) >= 11 is 2.61. The van der Waals surface area contributed by atoms with E-state index in [1.165, 1.54) is 17.4 Å². The third-order valence-electron chi connectivity index (χ3n) is 3.69. The molecule has 3 rings (SSSR count). The van der Waals surface area contributed by atoms with Crippen LogP contribution in [0.2, 0.25) is 0 Å². The summed E-state index contributed by atoms with van der Waals surface area (Å²) in [5.74, 6) is -1.74. The number of aryl methyl sites for hydroxylation is 1. The normalized spacial score (nSPS) is 10.5. The molecule has 0 aliphatic rings. The van der Waals surface area contributed by atoms with E-state index in [0.717, 1.165) is 27.5 Å². The first-order valence-electron chi connectivity index (χ1n) is 8.26. The van der Waals surface area contributed by atoms with E-state index in [9.17, 15) is 14.4 Å². The monoisotopic (exact) mass is 415 g/mol. The van der Waals surface area contributed by atoms with Crippen molar-refractivity contribution in [2.75, 3.05) is 11.9 Å². The summed E-state index contributed by atoms with van der Waals surface area (Å²) in [4.78, 5) is 39.6. The molecule has 2 heterocycles. The third-order valence-corrected chi connectivity index (χ3v) is 5.46. The highest BCUT2D eigenvalue weighted by Gasteiger charge is 2.15. The average molecular weight is 415 g/mol. The number of thiazole rings is 1. The van der Waals surface area contributed by atoms with Crippen molar-refractivity contribution in [3.05, 3.63) is 57.9 Å². The topological polar surface area (TPSA) is 111 Å². The van der Waals surface area contributed by atoms with Crippen LogP contribution >= 0.6 is 22.7 Å². The summed E-state index contributed by atoms with van der Waals surface area (Å²) in [6.07, 6.45) is -0.0267. The molecule has 28 heavy (non-hydrogen) atoms. The zero-order chi connectivity index (χ0) is 20.1. The molecule has 144 valence electrons. The Hall–Kier alpha value is -3.04. The first kappa shape index (κ1) is 19.7. The number of amides is 2. The second-order valence-electron chi connectivity index (χ2n) is 5.93. The van der Waals surface area contributed by atoms with Gasteiger partial charge in [-0.1, -0.05) is 23.8 Å². The van der Waals surface area contributed by atoms with Crippen LogP contribution in [0.3, 0.4) is 0 Å². The van der Waals surface area contributed by atoms with Crippen LogP contribution in [-0.2, 0) is 20.7 Å². The molecule has 2 amide bonds. The van der Waals surface area contributed by atoms with Gasteiger partial charge < -0.3 is 15.8 Å². The molecule has 1 aromatic carbocycles. The Kier molecular flexibility index (Phi) is 6.17. The maximum atomic E-state index is 12.0. The minimum atomic E-state index is -0.638. The second kappa shape index (κ2) is 8.77. The van der Waals surface area contributed by atoms with Crippen molar-refractivity contribution in [3.8, 4) is 10.6 Å². The largest absolute Gasteiger partial charge is 0.455 e. The standard InChI is InChI=1S/C19H17N3O4S2/c1-11-3-2-4-12(7-11)18-21-13(10-28-18)8-16(24)26-9-15(23)22-19-14(17(20)25)5-6-27-19/h2-7,10H,8-9H2,1H3,(H2,20,25)(H,22,23). The molecule has 9 heteroatoms. The van der Waals surface area contributed by atoms with Crippen LogP contribution in [0.5, 0.6) is 0 Å². The lowest BCUT2D eigenvalue weighted by Gasteiger charge is -2.05. The summed E-state index contributed by atoms with van der Waals surface area (Å²) < 4.78 is 4.99. The van der Waals surface area contributed by atoms with E-state index in [-0.39, 0.29) is 12.0 Å². The SMILES string of the molecule is Cc1cccc(-c2nc(CC(=O)OCC(=O)Nc3sccc3C(N)=O)cs2)c1. The smallest absolute Gasteiger partial charge is 0.312 e. The van der Waals surface area contributed by atoms with E-state index in [0.29, 0.717) is 10.7 Å². The van der Waals surface area contributed by atoms with Crippen molar-refractivity contribution in [1.82, 2.24) is 4.98 Å². The van der Waals surface area contributed by atoms with Crippen molar-refractivity contribution < 1.29 is 19.1 Å². The van der Waals surface area contributed by atoms with Gasteiger partial charge in [-0.15, -0.1) is 22.7 Å². The van der Waals surface area contributed by atoms with Gasteiger partial charge in [0.1, 0.15) is 10.0 Å². The summed E-state index contributed by atoms with van der Waals surface area (Å²) in [6, 6.07) is 9.46. The number of rotatable bonds is 7. The molecule has 0 bridgehead atoms. The lowest BCUT2D eigenvalue weighted by Crippen LogP contribution is -2.22. The van der Waals surface area contributed by atoms with Crippen molar-refractivity contribution in [1.29, 1.82) is 0 Å². The van der Waals surface area contributed by atoms with E-state index in [4.69, 9.17) is 10.5 Å². The highest BCUT2D eigenvalue weighted by Crippen LogP contribution is 2.25. The molecule has 0 fully saturated rings. The number of nitrogens with one attached hydrogen (secondary N) is 1. The average Bonchev–Trinajstić information content (AvgIpc) is 3.29. The highest BCUT2D eigenvalue weighted by molar-refractivity contribution is 7.14. The number of carbonyl (C=O) groups is 3. The van der Waals surface area contributed by atoms with Crippen molar-refractivity contribution in [3.63, 3.8) is 0 Å². The Morgan fingerprint density at radius 3 is 2.79 bits per heavy atom. The van der Waals surface area contributed by atoms with Gasteiger partial charge in [-0.05, 0) is 24.4 Å². The fourth-order valence-corrected chi connectivity index (χ4v) is 4.03. The van der Waals surface area contributed by atoms with E-state index in [1.54, 1.807) is 10.8 Å². The van der Waals surface area contributed by atoms with Crippen LogP contribution in [0, 0.1) is 6.92 Å². The molecule has 3 aromatic rings. The number of anilines is 1. The lowest BCUT2D eigenvalue weighted by atomic mass is 10.1. The number of nitrogens with two attached hydrogens (primary N) is 1. The molecule has 0 atom stereocenters. The predicted molar refractivity (Wildman–Crippen MR) is 108 cm³/mol. The first-order chi connectivity index (χ1) is 13.4. The van der Waals surface area contributed by atoms with Crippen LogP contribution < -0.4 is 11.1 Å². The van der Waals surface area contributed by atoms with Gasteiger partial charge >= 0.3 is 5.97 Å². The van der Waals surface area contributed by atoms with Gasteiger partial charge in [0, 0.05) is 10.9 Å². The predicted octanol–water partition coefficient (Wildman–Crippen LogP) is 3.00. The van der Waals surface area contributed by atoms with Crippen LogP contribution in [0.4, 0.5) is 5.00 Å². The molecule has 0 aliphatic carbocycles. The summed E-state index contributed by atoms with van der Waals surface area (Å²) in [5.41, 5.74) is 8.14. The fourth-order valence-electron chi connectivity index (χ4n) is 2.41. The number of benzene rings is 1. The lowest BCUT2D eigenvalue weighted by molar-refractivity contribution is -0.146. The van der Waals surface area contributed by atoms with E-state index in [1.807, 2.05) is 31.2 Å². The minimum absolute atomic E-state index is 0.0267. The van der Waals surface area contributed by atoms with Crippen molar-refractivity contribution in [2.24, 2.45) is 5.73 Å². The van der Waals surface area contributed by atoms with E-state index < -0.39 is 24.4 Å². The summed E-state index contributed by atoms with van der Waals surface area (Å²) in [7, 11) is 0. The number of nitrogens with zero attached hydrogens (tertiary/aromatic N) is 1. The van der Waals surface area contributed by atoms with Gasteiger partial charge in [-0.3, -0.25) is 14.4 Å². The fraction of sp³-hybridized carbons (Fsp3) is 0.158. The molecule has 0 spiro atoms. The molecular weight excluding hydrogens is 398 g/mol. The van der Waals surface area contributed by atoms with Crippen molar-refractivity contribution >= 4 is 45.5 Å². The zero-order valence-electron chi connectivity index (χ0n) is 14.9. The maximum absolute atomic E-state index is 12.0. The molecule has 0 aliphatic heterocycles. The van der Waals surface area contributed by atoms with Crippen LogP contribution in [0.25, 0.3) is 10.6 Å². The van der Waals surface area contributed by atoms with Gasteiger partial charge in [-0.25, -0.2) is 4.98 Å². The molecule has 7 nitrogen and oxygen atoms in total. The van der Waals surface area contributed by atoms with Gasteiger partial charge in [0.15, 0.2) is 6.61 Å². The Morgan fingerprint density at radius 1 is 1.21 bits per heavy atom. The van der Waals surface area contributed by atoms with E-state index in [2.05, 4.69) is 10.3 Å². The van der Waals surface area contributed by atoms with Crippen LogP contribution in [0.15, 0.2) is 41.1 Å². The van der Waals surface area contributed by atoms with Gasteiger partial charge in [0.2, 0.25) is 0 Å². The molecule has 0 unspecified atom stereocenters. The van der Waals surface area contributed by atoms with Crippen LogP contribution in [-0.4, -0.2) is 29.4 Å². The minimum Gasteiger partial charge on any atom is -0.455 e. The maximum Gasteiger partial charge on any atom is 0.312 e. The second-order valence-corrected chi connectivity index (χ2v) is 7.70. The van der Waals surface area contributed by atoms with Gasteiger partial charge in [0.05, 0.1) is 17.7 Å². The number of hydrogen-bond acceptors (Lipinski definition) is 7. The number of carbonyl (C=O) groups excluding carboxylic acids is 3. The third kappa shape index (κ3) is 5.02. The van der Waals surface area contributed by atoms with Gasteiger partial charge in [0.25, 0.3) is 11.8 Å². The molecule has 0 radical (unpaired) electrons. The molecule has 2 aromatic heterocycles. The van der Waals surface area contributed by atoms with E-state index >= 15 is 0 Å². The Morgan fingerprint density at radius 2 is 2.04 bits per heavy atom. The zero-order valence-corrected chi connectivity index (χ0v) is 16.6. The number of thiophene rings is 1. The van der Waals surface area contributed by atoms with Gasteiger partial charge in [-0.2, -0.15) is 0 Å². The van der Waals surface area contributed by atoms with Crippen molar-refractivity contribution in [2.45, 2.75) is 13.3 Å². The summed E-state index contributed by atoms with van der Waals surface area (Å²) in [5, 5.41) is 7.09. The quantitative estimate of drug-likeness (QED) is 0.576. The number of hydrogen-bond donors (Lipinski definition) is 2. The molecule has 0 saturated heterocycles. The number of ether oxygens (including phenoxy) is 1. The Bertz CT molecular complexity index is 1030.